The van der Waals surface area contributed by atoms with Crippen LogP contribution in [0.5, 0.6) is 0 Å². The van der Waals surface area contributed by atoms with Gasteiger partial charge >= 0.3 is 0 Å². The number of rotatable bonds is 2. The first kappa shape index (κ1) is 10.5. The molecule has 4 heteroatoms. The van der Waals surface area contributed by atoms with Gasteiger partial charge in [0.25, 0.3) is 0 Å². The molecule has 0 unspecified atom stereocenters. The van der Waals surface area contributed by atoms with Gasteiger partial charge in [-0.05, 0) is 51.7 Å². The number of hydrogen-bond acceptors (Lipinski definition) is 3. The molecule has 2 saturated heterocycles. The predicted octanol–water partition coefficient (Wildman–Crippen LogP) is 0.250. The summed E-state index contributed by atoms with van der Waals surface area (Å²) in [5.74, 6) is 1.09. The monoisotopic (exact) mass is 223 g/mol. The van der Waals surface area contributed by atoms with Crippen LogP contribution in [0.4, 0.5) is 0 Å². The molecule has 0 radical (unpaired) electrons. The van der Waals surface area contributed by atoms with E-state index in [0.29, 0.717) is 5.91 Å². The molecule has 1 N–H and O–H groups in total. The maximum atomic E-state index is 12.1. The van der Waals surface area contributed by atoms with Crippen LogP contribution in [-0.2, 0) is 4.79 Å². The van der Waals surface area contributed by atoms with Crippen molar-refractivity contribution in [3.05, 3.63) is 0 Å². The number of likely N-dealkylation sites (tertiary alicyclic amines) is 1. The number of piperidine rings is 1. The van der Waals surface area contributed by atoms with Crippen molar-refractivity contribution in [3.8, 4) is 0 Å². The van der Waals surface area contributed by atoms with Crippen molar-refractivity contribution in [1.82, 2.24) is 15.1 Å². The topological polar surface area (TPSA) is 35.6 Å². The van der Waals surface area contributed by atoms with Gasteiger partial charge < -0.3 is 9.80 Å². The zero-order chi connectivity index (χ0) is 11.2. The Morgan fingerprint density at radius 2 is 2.06 bits per heavy atom. The van der Waals surface area contributed by atoms with Gasteiger partial charge in [0.15, 0.2) is 0 Å². The van der Waals surface area contributed by atoms with Crippen molar-refractivity contribution in [1.29, 1.82) is 0 Å². The Morgan fingerprint density at radius 1 is 1.38 bits per heavy atom. The summed E-state index contributed by atoms with van der Waals surface area (Å²) in [4.78, 5) is 16.5. The van der Waals surface area contributed by atoms with Gasteiger partial charge in [0.2, 0.25) is 5.91 Å². The van der Waals surface area contributed by atoms with E-state index in [4.69, 9.17) is 0 Å². The Labute approximate surface area is 97.0 Å². The van der Waals surface area contributed by atoms with Gasteiger partial charge in [0.05, 0.1) is 12.2 Å². The van der Waals surface area contributed by atoms with Gasteiger partial charge in [0, 0.05) is 6.54 Å². The van der Waals surface area contributed by atoms with Crippen molar-refractivity contribution in [3.63, 3.8) is 0 Å². The lowest BCUT2D eigenvalue weighted by atomic mass is 9.96. The minimum atomic E-state index is -0.106. The molecular weight excluding hydrogens is 202 g/mol. The summed E-state index contributed by atoms with van der Waals surface area (Å²) in [7, 11) is 2.18. The molecule has 2 heterocycles. The van der Waals surface area contributed by atoms with Crippen molar-refractivity contribution in [2.45, 2.75) is 31.2 Å². The first-order valence-corrected chi connectivity index (χ1v) is 6.43. The van der Waals surface area contributed by atoms with Gasteiger partial charge in [-0.15, -0.1) is 0 Å². The third kappa shape index (κ3) is 1.74. The molecule has 3 aliphatic rings. The fraction of sp³-hybridized carbons (Fsp3) is 0.917. The summed E-state index contributed by atoms with van der Waals surface area (Å²) < 4.78 is 0. The van der Waals surface area contributed by atoms with E-state index >= 15 is 0 Å². The van der Waals surface area contributed by atoms with Crippen molar-refractivity contribution in [2.75, 3.05) is 33.4 Å². The van der Waals surface area contributed by atoms with Crippen LogP contribution in [0.1, 0.15) is 25.7 Å². The average molecular weight is 223 g/mol. The minimum Gasteiger partial charge on any atom is -0.328 e. The Balaban J connectivity index is 1.54. The largest absolute Gasteiger partial charge is 0.328 e. The highest BCUT2D eigenvalue weighted by Crippen LogP contribution is 2.40. The molecule has 1 saturated carbocycles. The molecule has 0 aromatic heterocycles. The Bertz CT molecular complexity index is 293. The summed E-state index contributed by atoms with van der Waals surface area (Å²) in [6.07, 6.45) is 4.59. The van der Waals surface area contributed by atoms with Crippen LogP contribution in [0.2, 0.25) is 0 Å². The van der Waals surface area contributed by atoms with E-state index in [9.17, 15) is 4.79 Å². The molecule has 3 rings (SSSR count). The van der Waals surface area contributed by atoms with E-state index in [1.165, 1.54) is 25.9 Å². The molecule has 0 aromatic carbocycles. The molecule has 16 heavy (non-hydrogen) atoms. The van der Waals surface area contributed by atoms with E-state index in [0.717, 1.165) is 32.0 Å². The minimum absolute atomic E-state index is 0.106. The Hall–Kier alpha value is -0.610. The van der Waals surface area contributed by atoms with Crippen LogP contribution in [0, 0.1) is 5.92 Å². The summed E-state index contributed by atoms with van der Waals surface area (Å²) in [5, 5.41) is 3.37. The van der Waals surface area contributed by atoms with E-state index in [1.807, 2.05) is 4.90 Å². The number of carbonyl (C=O) groups excluding carboxylic acids is 1. The first-order chi connectivity index (χ1) is 7.70. The lowest BCUT2D eigenvalue weighted by molar-refractivity contribution is -0.130. The molecule has 0 bridgehead atoms. The second-order valence-corrected chi connectivity index (χ2v) is 5.69. The van der Waals surface area contributed by atoms with Crippen molar-refractivity contribution in [2.24, 2.45) is 5.92 Å². The fourth-order valence-electron chi connectivity index (χ4n) is 2.92. The number of nitrogens with one attached hydrogen (secondary N) is 1. The van der Waals surface area contributed by atoms with Crippen LogP contribution in [-0.4, -0.2) is 54.6 Å². The molecule has 3 fully saturated rings. The normalized spacial score (nSPS) is 30.3. The molecule has 2 aliphatic heterocycles. The van der Waals surface area contributed by atoms with Gasteiger partial charge in [-0.1, -0.05) is 0 Å². The van der Waals surface area contributed by atoms with Crippen LogP contribution in [0.3, 0.4) is 0 Å². The van der Waals surface area contributed by atoms with Gasteiger partial charge in [-0.3, -0.25) is 10.1 Å². The van der Waals surface area contributed by atoms with Crippen LogP contribution >= 0.6 is 0 Å². The van der Waals surface area contributed by atoms with Crippen LogP contribution in [0.15, 0.2) is 0 Å². The highest BCUT2D eigenvalue weighted by molar-refractivity contribution is 5.91. The average Bonchev–Trinajstić information content (AvgIpc) is 3.01. The molecule has 90 valence electrons. The number of hydrogen-bond donors (Lipinski definition) is 1. The lowest BCUT2D eigenvalue weighted by Gasteiger charge is -2.31. The van der Waals surface area contributed by atoms with Crippen LogP contribution in [0.25, 0.3) is 0 Å². The summed E-state index contributed by atoms with van der Waals surface area (Å²) in [5.41, 5.74) is -0.106. The second kappa shape index (κ2) is 3.70. The summed E-state index contributed by atoms with van der Waals surface area (Å²) in [6.45, 7) is 4.13. The van der Waals surface area contributed by atoms with E-state index < -0.39 is 0 Å². The molecule has 1 aliphatic carbocycles. The zero-order valence-electron chi connectivity index (χ0n) is 10.0. The maximum absolute atomic E-state index is 12.1. The fourth-order valence-corrected chi connectivity index (χ4v) is 2.92. The zero-order valence-corrected chi connectivity index (χ0v) is 10.0. The molecule has 1 amide bonds. The number of nitrogens with zero attached hydrogens (tertiary/aromatic N) is 2. The van der Waals surface area contributed by atoms with E-state index in [2.05, 4.69) is 17.3 Å². The second-order valence-electron chi connectivity index (χ2n) is 5.69. The first-order valence-electron chi connectivity index (χ1n) is 6.43. The Kier molecular flexibility index (Phi) is 2.44. The SMILES string of the molecule is CN1CCC(CN2CNC3(CC3)C2=O)CC1. The highest BCUT2D eigenvalue weighted by atomic mass is 16.2. The third-order valence-corrected chi connectivity index (χ3v) is 4.37. The predicted molar refractivity (Wildman–Crippen MR) is 61.9 cm³/mol. The van der Waals surface area contributed by atoms with Crippen molar-refractivity contribution < 1.29 is 4.79 Å². The molecular formula is C12H21N3O. The van der Waals surface area contributed by atoms with Gasteiger partial charge in [-0.25, -0.2) is 0 Å². The molecule has 1 spiro atoms. The number of carbonyl (C=O) groups is 1. The molecule has 4 nitrogen and oxygen atoms in total. The number of amides is 1. The maximum Gasteiger partial charge on any atom is 0.243 e. The molecule has 0 atom stereocenters. The van der Waals surface area contributed by atoms with E-state index in [1.54, 1.807) is 0 Å². The molecule has 0 aromatic rings. The highest BCUT2D eigenvalue weighted by Gasteiger charge is 2.55. The van der Waals surface area contributed by atoms with Crippen molar-refractivity contribution >= 4 is 5.91 Å². The van der Waals surface area contributed by atoms with Crippen LogP contribution < -0.4 is 5.32 Å². The van der Waals surface area contributed by atoms with Gasteiger partial charge in [-0.2, -0.15) is 0 Å². The third-order valence-electron chi connectivity index (χ3n) is 4.37. The quantitative estimate of drug-likeness (QED) is 0.729. The van der Waals surface area contributed by atoms with E-state index in [-0.39, 0.29) is 5.54 Å². The summed E-state index contributed by atoms with van der Waals surface area (Å²) >= 11 is 0. The summed E-state index contributed by atoms with van der Waals surface area (Å²) in [6, 6.07) is 0. The lowest BCUT2D eigenvalue weighted by Crippen LogP contribution is -2.39. The Morgan fingerprint density at radius 3 is 2.62 bits per heavy atom. The van der Waals surface area contributed by atoms with Gasteiger partial charge in [0.1, 0.15) is 0 Å². The standard InChI is InChI=1S/C12H21N3O/c1-14-6-2-10(3-7-14)8-15-9-13-12(4-5-12)11(15)16/h10,13H,2-9H2,1H3. The smallest absolute Gasteiger partial charge is 0.243 e.